The average Bonchev–Trinajstić information content (AvgIpc) is 3.27. The number of carbonyl (C=O) groups is 3. The lowest BCUT2D eigenvalue weighted by molar-refractivity contribution is -0.167. The molecular weight excluding hydrogens is 769 g/mol. The van der Waals surface area contributed by atoms with Crippen LogP contribution in [0.15, 0.2) is 85.1 Å². The molecule has 0 N–H and O–H groups in total. The number of allylic oxidation sites excluding steroid dienone is 14. The van der Waals surface area contributed by atoms with E-state index in [9.17, 15) is 14.4 Å². The van der Waals surface area contributed by atoms with E-state index in [2.05, 4.69) is 106 Å². The van der Waals surface area contributed by atoms with Gasteiger partial charge in [-0.25, -0.2) is 0 Å². The molecule has 0 bridgehead atoms. The predicted octanol–water partition coefficient (Wildman–Crippen LogP) is 16.8. The molecule has 0 rings (SSSR count). The van der Waals surface area contributed by atoms with Gasteiger partial charge in [0.05, 0.1) is 0 Å². The fraction of sp³-hybridized carbons (Fsp3) is 0.696. The van der Waals surface area contributed by atoms with E-state index >= 15 is 0 Å². The first-order valence-corrected chi connectivity index (χ1v) is 25.6. The summed E-state index contributed by atoms with van der Waals surface area (Å²) in [5, 5.41) is 0. The Morgan fingerprint density at radius 2 is 0.661 bits per heavy atom. The molecule has 1 atom stereocenters. The van der Waals surface area contributed by atoms with Gasteiger partial charge in [0.15, 0.2) is 6.10 Å². The van der Waals surface area contributed by atoms with Crippen LogP contribution in [0.25, 0.3) is 0 Å². The van der Waals surface area contributed by atoms with Crippen molar-refractivity contribution in [3.8, 4) is 0 Å². The monoisotopic (exact) mass is 863 g/mol. The van der Waals surface area contributed by atoms with Crippen LogP contribution in [0, 0.1) is 0 Å². The largest absolute Gasteiger partial charge is 0.462 e. The van der Waals surface area contributed by atoms with E-state index in [1.165, 1.54) is 64.2 Å². The highest BCUT2D eigenvalue weighted by Gasteiger charge is 2.19. The van der Waals surface area contributed by atoms with Crippen molar-refractivity contribution in [3.63, 3.8) is 0 Å². The lowest BCUT2D eigenvalue weighted by Crippen LogP contribution is -2.30. The molecule has 0 aliphatic heterocycles. The zero-order valence-corrected chi connectivity index (χ0v) is 40.4. The van der Waals surface area contributed by atoms with Crippen LogP contribution in [0.3, 0.4) is 0 Å². The number of ether oxygens (including phenoxy) is 3. The summed E-state index contributed by atoms with van der Waals surface area (Å²) in [6, 6.07) is 0. The van der Waals surface area contributed by atoms with Gasteiger partial charge in [-0.15, -0.1) is 0 Å². The Kier molecular flexibility index (Phi) is 47.5. The summed E-state index contributed by atoms with van der Waals surface area (Å²) in [5.41, 5.74) is 0. The van der Waals surface area contributed by atoms with E-state index in [1.54, 1.807) is 0 Å². The predicted molar refractivity (Wildman–Crippen MR) is 265 cm³/mol. The fourth-order valence-electron chi connectivity index (χ4n) is 6.76. The molecule has 0 saturated carbocycles. The van der Waals surface area contributed by atoms with Crippen LogP contribution in [0.4, 0.5) is 0 Å². The molecule has 0 heterocycles. The van der Waals surface area contributed by atoms with E-state index in [0.717, 1.165) is 128 Å². The number of hydrogen-bond donors (Lipinski definition) is 0. The highest BCUT2D eigenvalue weighted by Crippen LogP contribution is 2.13. The minimum absolute atomic E-state index is 0.0980. The second kappa shape index (κ2) is 50.2. The Bertz CT molecular complexity index is 1220. The van der Waals surface area contributed by atoms with Gasteiger partial charge in [-0.2, -0.15) is 0 Å². The molecule has 6 nitrogen and oxygen atoms in total. The molecule has 0 spiro atoms. The first-order valence-electron chi connectivity index (χ1n) is 25.6. The number of hydrogen-bond acceptors (Lipinski definition) is 6. The van der Waals surface area contributed by atoms with Crippen molar-refractivity contribution in [1.29, 1.82) is 0 Å². The first-order chi connectivity index (χ1) is 30.5. The highest BCUT2D eigenvalue weighted by molar-refractivity contribution is 5.71. The Labute approximate surface area is 382 Å². The SMILES string of the molecule is CC/C=C\C/C=C\C/C=C\CCCCCC(=O)OC(COC(=O)CCCCCCC/C=C\C/C=C\CCC)COC(=O)CCCCCCCCC/C=C\C/C=C\CCCCCC. The summed E-state index contributed by atoms with van der Waals surface area (Å²) in [4.78, 5) is 37.9. The minimum atomic E-state index is -0.800. The van der Waals surface area contributed by atoms with Crippen molar-refractivity contribution < 1.29 is 28.6 Å². The van der Waals surface area contributed by atoms with Crippen LogP contribution in [0.1, 0.15) is 233 Å². The third-order valence-electron chi connectivity index (χ3n) is 10.6. The number of unbranched alkanes of at least 4 members (excludes halogenated alkanes) is 20. The molecule has 6 heteroatoms. The summed E-state index contributed by atoms with van der Waals surface area (Å²) < 4.78 is 16.7. The van der Waals surface area contributed by atoms with Crippen molar-refractivity contribution >= 4 is 17.9 Å². The topological polar surface area (TPSA) is 78.9 Å². The molecule has 0 aromatic carbocycles. The van der Waals surface area contributed by atoms with Crippen LogP contribution >= 0.6 is 0 Å². The summed E-state index contributed by atoms with van der Waals surface area (Å²) in [5.74, 6) is -0.952. The Morgan fingerprint density at radius 1 is 0.339 bits per heavy atom. The number of esters is 3. The molecule has 0 aliphatic carbocycles. The van der Waals surface area contributed by atoms with Crippen molar-refractivity contribution in [2.24, 2.45) is 0 Å². The van der Waals surface area contributed by atoms with Crippen molar-refractivity contribution in [2.75, 3.05) is 13.2 Å². The standard InChI is InChI=1S/C56H94O6/c1-4-7-10-13-16-19-22-25-26-27-28-29-32-34-37-40-43-46-49-55(58)61-52-53(62-56(59)50-47-44-41-38-35-31-24-21-18-15-12-9-6-3)51-60-54(57)48-45-42-39-36-33-30-23-20-17-14-11-8-5-2/h9,11-12,14,18-23,26-27,31,35,53H,4-8,10,13,15-17,24-25,28-30,32-34,36-52H2,1-3H3/b12-9-,14-11-,21-18-,22-19-,23-20-,27-26-,35-31-. The van der Waals surface area contributed by atoms with E-state index in [0.29, 0.717) is 12.8 Å². The fourth-order valence-corrected chi connectivity index (χ4v) is 6.76. The molecule has 0 radical (unpaired) electrons. The average molecular weight is 863 g/mol. The first kappa shape index (κ1) is 58.6. The molecular formula is C56H94O6. The van der Waals surface area contributed by atoms with Gasteiger partial charge >= 0.3 is 17.9 Å². The van der Waals surface area contributed by atoms with Gasteiger partial charge in [0, 0.05) is 19.3 Å². The normalized spacial score (nSPS) is 12.8. The zero-order valence-electron chi connectivity index (χ0n) is 40.4. The molecule has 0 fully saturated rings. The minimum Gasteiger partial charge on any atom is -0.462 e. The van der Waals surface area contributed by atoms with Crippen LogP contribution < -0.4 is 0 Å². The van der Waals surface area contributed by atoms with Crippen LogP contribution in [0.2, 0.25) is 0 Å². The summed E-state index contributed by atoms with van der Waals surface area (Å²) in [6.07, 6.45) is 64.2. The third kappa shape index (κ3) is 47.6. The van der Waals surface area contributed by atoms with E-state index in [4.69, 9.17) is 14.2 Å². The van der Waals surface area contributed by atoms with Gasteiger partial charge in [0.2, 0.25) is 0 Å². The molecule has 1 unspecified atom stereocenters. The Morgan fingerprint density at radius 3 is 1.06 bits per heavy atom. The van der Waals surface area contributed by atoms with Gasteiger partial charge in [0.1, 0.15) is 13.2 Å². The van der Waals surface area contributed by atoms with Crippen LogP contribution in [-0.2, 0) is 28.6 Å². The van der Waals surface area contributed by atoms with Gasteiger partial charge in [0.25, 0.3) is 0 Å². The highest BCUT2D eigenvalue weighted by atomic mass is 16.6. The molecule has 0 amide bonds. The smallest absolute Gasteiger partial charge is 0.306 e. The lowest BCUT2D eigenvalue weighted by atomic mass is 10.1. The molecule has 0 aromatic rings. The molecule has 0 saturated heterocycles. The van der Waals surface area contributed by atoms with Gasteiger partial charge < -0.3 is 14.2 Å². The zero-order chi connectivity index (χ0) is 45.1. The van der Waals surface area contributed by atoms with Crippen molar-refractivity contribution in [3.05, 3.63) is 85.1 Å². The van der Waals surface area contributed by atoms with Gasteiger partial charge in [-0.1, -0.05) is 189 Å². The Balaban J connectivity index is 4.43. The van der Waals surface area contributed by atoms with Gasteiger partial charge in [-0.05, 0) is 109 Å². The quantitative estimate of drug-likeness (QED) is 0.0263. The molecule has 62 heavy (non-hydrogen) atoms. The second-order valence-corrected chi connectivity index (χ2v) is 16.7. The summed E-state index contributed by atoms with van der Waals surface area (Å²) in [6.45, 7) is 6.39. The second-order valence-electron chi connectivity index (χ2n) is 16.7. The Hall–Kier alpha value is -3.41. The molecule has 0 aromatic heterocycles. The van der Waals surface area contributed by atoms with E-state index in [1.807, 2.05) is 0 Å². The molecule has 0 aliphatic rings. The summed E-state index contributed by atoms with van der Waals surface area (Å²) >= 11 is 0. The maximum Gasteiger partial charge on any atom is 0.306 e. The van der Waals surface area contributed by atoms with Crippen molar-refractivity contribution in [1.82, 2.24) is 0 Å². The number of carbonyl (C=O) groups excluding carboxylic acids is 3. The van der Waals surface area contributed by atoms with Crippen molar-refractivity contribution in [2.45, 2.75) is 239 Å². The molecule has 354 valence electrons. The summed E-state index contributed by atoms with van der Waals surface area (Å²) in [7, 11) is 0. The maximum absolute atomic E-state index is 12.8. The third-order valence-corrected chi connectivity index (χ3v) is 10.6. The lowest BCUT2D eigenvalue weighted by Gasteiger charge is -2.18. The van der Waals surface area contributed by atoms with Crippen LogP contribution in [0.5, 0.6) is 0 Å². The van der Waals surface area contributed by atoms with Crippen LogP contribution in [-0.4, -0.2) is 37.2 Å². The number of rotatable bonds is 45. The van der Waals surface area contributed by atoms with E-state index in [-0.39, 0.29) is 37.5 Å². The van der Waals surface area contributed by atoms with E-state index < -0.39 is 6.10 Å². The maximum atomic E-state index is 12.8. The van der Waals surface area contributed by atoms with Gasteiger partial charge in [-0.3, -0.25) is 14.4 Å².